The Morgan fingerprint density at radius 3 is 2.78 bits per heavy atom. The van der Waals surface area contributed by atoms with Gasteiger partial charge in [0.05, 0.1) is 5.69 Å². The van der Waals surface area contributed by atoms with Gasteiger partial charge in [-0.2, -0.15) is 0 Å². The van der Waals surface area contributed by atoms with Gasteiger partial charge >= 0.3 is 0 Å². The highest BCUT2D eigenvalue weighted by atomic mass is 16.5. The molecule has 1 aromatic carbocycles. The molecule has 0 atom stereocenters. The number of anilines is 1. The number of likely N-dealkylation sites (N-methyl/N-ethyl adjacent to an activating group) is 1. The normalized spacial score (nSPS) is 13.7. The average Bonchev–Trinajstić information content (AvgIpc) is 2.54. The molecular formula is C17H25N3O3. The Morgan fingerprint density at radius 2 is 2.09 bits per heavy atom. The van der Waals surface area contributed by atoms with Gasteiger partial charge in [0.2, 0.25) is 5.91 Å². The van der Waals surface area contributed by atoms with Crippen LogP contribution in [0.1, 0.15) is 19.4 Å². The van der Waals surface area contributed by atoms with Gasteiger partial charge in [0.15, 0.2) is 6.61 Å². The summed E-state index contributed by atoms with van der Waals surface area (Å²) in [4.78, 5) is 28.0. The van der Waals surface area contributed by atoms with Crippen LogP contribution in [0.25, 0.3) is 0 Å². The van der Waals surface area contributed by atoms with E-state index in [1.165, 1.54) is 4.90 Å². The average molecular weight is 319 g/mol. The molecule has 0 bridgehead atoms. The van der Waals surface area contributed by atoms with Gasteiger partial charge in [-0.1, -0.05) is 19.9 Å². The lowest BCUT2D eigenvalue weighted by Crippen LogP contribution is -2.46. The van der Waals surface area contributed by atoms with Gasteiger partial charge in [0.1, 0.15) is 12.3 Å². The van der Waals surface area contributed by atoms with Crippen molar-refractivity contribution in [3.05, 3.63) is 23.8 Å². The van der Waals surface area contributed by atoms with Crippen LogP contribution in [0.5, 0.6) is 5.75 Å². The van der Waals surface area contributed by atoms with E-state index in [1.807, 2.05) is 25.1 Å². The van der Waals surface area contributed by atoms with Crippen molar-refractivity contribution in [1.29, 1.82) is 0 Å². The highest BCUT2D eigenvalue weighted by Gasteiger charge is 2.27. The quantitative estimate of drug-likeness (QED) is 0.820. The summed E-state index contributed by atoms with van der Waals surface area (Å²) in [6.07, 6.45) is 0. The van der Waals surface area contributed by atoms with Crippen LogP contribution in [0, 0.1) is 6.92 Å². The Hall–Kier alpha value is -2.08. The van der Waals surface area contributed by atoms with Crippen molar-refractivity contribution in [1.82, 2.24) is 10.2 Å². The maximum absolute atomic E-state index is 12.1. The number of hydrogen-bond donors (Lipinski definition) is 1. The molecule has 1 heterocycles. The maximum atomic E-state index is 12.1. The molecule has 1 aromatic rings. The number of benzene rings is 1. The number of fused-ring (bicyclic) bond motifs is 1. The van der Waals surface area contributed by atoms with E-state index >= 15 is 0 Å². The first-order valence-electron chi connectivity index (χ1n) is 8.08. The predicted molar refractivity (Wildman–Crippen MR) is 89.8 cm³/mol. The molecule has 1 aliphatic heterocycles. The summed E-state index contributed by atoms with van der Waals surface area (Å²) < 4.78 is 5.41. The van der Waals surface area contributed by atoms with Crippen LogP contribution in [-0.4, -0.2) is 56.0 Å². The molecule has 0 saturated carbocycles. The van der Waals surface area contributed by atoms with Gasteiger partial charge in [0.25, 0.3) is 5.91 Å². The minimum absolute atomic E-state index is 0.0247. The highest BCUT2D eigenvalue weighted by molar-refractivity contribution is 6.02. The van der Waals surface area contributed by atoms with E-state index in [1.54, 1.807) is 0 Å². The van der Waals surface area contributed by atoms with Crippen molar-refractivity contribution in [2.45, 2.75) is 20.8 Å². The van der Waals surface area contributed by atoms with E-state index in [-0.39, 0.29) is 25.0 Å². The Labute approximate surface area is 137 Å². The van der Waals surface area contributed by atoms with Gasteiger partial charge in [0, 0.05) is 13.1 Å². The van der Waals surface area contributed by atoms with Crippen molar-refractivity contribution < 1.29 is 14.3 Å². The van der Waals surface area contributed by atoms with Gasteiger partial charge in [-0.3, -0.25) is 14.5 Å². The standard InChI is InChI=1S/C17H25N3O3/c1-4-19(5-2)9-8-18-16(21)11-20-14-10-13(3)6-7-15(14)23-12-17(20)22/h6-7,10H,4-5,8-9,11-12H2,1-3H3,(H,18,21). The molecule has 2 rings (SSSR count). The number of ether oxygens (including phenoxy) is 1. The lowest BCUT2D eigenvalue weighted by Gasteiger charge is -2.29. The monoisotopic (exact) mass is 319 g/mol. The molecule has 6 nitrogen and oxygen atoms in total. The molecule has 126 valence electrons. The van der Waals surface area contributed by atoms with Crippen molar-refractivity contribution in [3.8, 4) is 5.75 Å². The van der Waals surface area contributed by atoms with Gasteiger partial charge in [-0.15, -0.1) is 0 Å². The number of nitrogens with one attached hydrogen (secondary N) is 1. The van der Waals surface area contributed by atoms with Gasteiger partial charge < -0.3 is 15.0 Å². The first kappa shape index (κ1) is 17.3. The summed E-state index contributed by atoms with van der Waals surface area (Å²) in [5.74, 6) is 0.299. The second-order valence-corrected chi connectivity index (χ2v) is 5.62. The van der Waals surface area contributed by atoms with Crippen LogP contribution in [0.3, 0.4) is 0 Å². The van der Waals surface area contributed by atoms with Crippen molar-refractivity contribution >= 4 is 17.5 Å². The smallest absolute Gasteiger partial charge is 0.265 e. The van der Waals surface area contributed by atoms with Crippen LogP contribution >= 0.6 is 0 Å². The Bertz CT molecular complexity index is 570. The second-order valence-electron chi connectivity index (χ2n) is 5.62. The van der Waals surface area contributed by atoms with Gasteiger partial charge in [-0.05, 0) is 37.7 Å². The third kappa shape index (κ3) is 4.45. The first-order chi connectivity index (χ1) is 11.0. The number of rotatable bonds is 7. The van der Waals surface area contributed by atoms with Crippen molar-refractivity contribution in [2.24, 2.45) is 0 Å². The number of carbonyl (C=O) groups excluding carboxylic acids is 2. The number of hydrogen-bond acceptors (Lipinski definition) is 4. The zero-order valence-electron chi connectivity index (χ0n) is 14.1. The molecule has 2 amide bonds. The third-order valence-electron chi connectivity index (χ3n) is 4.00. The van der Waals surface area contributed by atoms with Crippen LogP contribution in [0.4, 0.5) is 5.69 Å². The molecule has 0 aliphatic carbocycles. The fraction of sp³-hybridized carbons (Fsp3) is 0.529. The van der Waals surface area contributed by atoms with Crippen LogP contribution < -0.4 is 15.0 Å². The zero-order chi connectivity index (χ0) is 16.8. The molecule has 0 aromatic heterocycles. The highest BCUT2D eigenvalue weighted by Crippen LogP contribution is 2.32. The van der Waals surface area contributed by atoms with Gasteiger partial charge in [-0.25, -0.2) is 0 Å². The molecule has 23 heavy (non-hydrogen) atoms. The second kappa shape index (κ2) is 7.97. The van der Waals surface area contributed by atoms with Crippen LogP contribution in [-0.2, 0) is 9.59 Å². The molecule has 1 aliphatic rings. The molecule has 0 spiro atoms. The summed E-state index contributed by atoms with van der Waals surface area (Å²) in [7, 11) is 0. The van der Waals surface area contributed by atoms with E-state index in [2.05, 4.69) is 24.1 Å². The fourth-order valence-electron chi connectivity index (χ4n) is 2.58. The first-order valence-corrected chi connectivity index (χ1v) is 8.08. The minimum atomic E-state index is -0.193. The van der Waals surface area contributed by atoms with E-state index in [0.717, 1.165) is 25.2 Å². The summed E-state index contributed by atoms with van der Waals surface area (Å²) in [5, 5.41) is 2.88. The van der Waals surface area contributed by atoms with Crippen molar-refractivity contribution in [3.63, 3.8) is 0 Å². The van der Waals surface area contributed by atoms with E-state index in [9.17, 15) is 9.59 Å². The van der Waals surface area contributed by atoms with E-state index in [4.69, 9.17) is 4.74 Å². The van der Waals surface area contributed by atoms with E-state index < -0.39 is 0 Å². The SMILES string of the molecule is CCN(CC)CCNC(=O)CN1C(=O)COc2ccc(C)cc21. The third-order valence-corrected chi connectivity index (χ3v) is 4.00. The lowest BCUT2D eigenvalue weighted by atomic mass is 10.1. The number of nitrogens with zero attached hydrogens (tertiary/aromatic N) is 2. The Kier molecular flexibility index (Phi) is 5.98. The molecule has 0 fully saturated rings. The fourth-order valence-corrected chi connectivity index (χ4v) is 2.58. The topological polar surface area (TPSA) is 61.9 Å². The summed E-state index contributed by atoms with van der Waals surface area (Å²) >= 11 is 0. The Balaban J connectivity index is 1.95. The summed E-state index contributed by atoms with van der Waals surface area (Å²) in [6, 6.07) is 5.63. The minimum Gasteiger partial charge on any atom is -0.482 e. The molecule has 0 saturated heterocycles. The number of amides is 2. The molecule has 0 unspecified atom stereocenters. The molecular weight excluding hydrogens is 294 g/mol. The van der Waals surface area contributed by atoms with Crippen molar-refractivity contribution in [2.75, 3.05) is 44.2 Å². The van der Waals surface area contributed by atoms with E-state index in [0.29, 0.717) is 18.0 Å². The number of carbonyl (C=O) groups is 2. The zero-order valence-corrected chi connectivity index (χ0v) is 14.1. The van der Waals surface area contributed by atoms with Crippen LogP contribution in [0.15, 0.2) is 18.2 Å². The molecule has 0 radical (unpaired) electrons. The maximum Gasteiger partial charge on any atom is 0.265 e. The molecule has 1 N–H and O–H groups in total. The lowest BCUT2D eigenvalue weighted by molar-refractivity contribution is -0.125. The Morgan fingerprint density at radius 1 is 1.35 bits per heavy atom. The largest absolute Gasteiger partial charge is 0.482 e. The van der Waals surface area contributed by atoms with Crippen LogP contribution in [0.2, 0.25) is 0 Å². The summed E-state index contributed by atoms with van der Waals surface area (Å²) in [5.41, 5.74) is 1.69. The number of aryl methyl sites for hydroxylation is 1. The summed E-state index contributed by atoms with van der Waals surface area (Å²) in [6.45, 7) is 9.45. The molecule has 6 heteroatoms. The predicted octanol–water partition coefficient (Wildman–Crippen LogP) is 1.18.